The van der Waals surface area contributed by atoms with E-state index in [1.165, 1.54) is 0 Å². The van der Waals surface area contributed by atoms with Crippen LogP contribution in [0.3, 0.4) is 0 Å². The quantitative estimate of drug-likeness (QED) is 0.707. The fraction of sp³-hybridized carbons (Fsp3) is 0.211. The van der Waals surface area contributed by atoms with Crippen LogP contribution in [-0.4, -0.2) is 34.4 Å². The zero-order valence-corrected chi connectivity index (χ0v) is 14.7. The molecule has 0 spiro atoms. The fourth-order valence-corrected chi connectivity index (χ4v) is 2.53. The van der Waals surface area contributed by atoms with Crippen molar-refractivity contribution in [3.63, 3.8) is 0 Å². The van der Waals surface area contributed by atoms with Crippen molar-refractivity contribution in [3.05, 3.63) is 66.1 Å². The summed E-state index contributed by atoms with van der Waals surface area (Å²) in [5, 5.41) is 7.10. The third-order valence-electron chi connectivity index (χ3n) is 3.75. The normalized spacial score (nSPS) is 10.4. The van der Waals surface area contributed by atoms with Gasteiger partial charge in [0.2, 0.25) is 0 Å². The van der Waals surface area contributed by atoms with Gasteiger partial charge < -0.3 is 14.8 Å². The van der Waals surface area contributed by atoms with Gasteiger partial charge in [0.15, 0.2) is 17.3 Å². The van der Waals surface area contributed by atoms with Crippen LogP contribution in [0.1, 0.15) is 22.8 Å². The third-order valence-corrected chi connectivity index (χ3v) is 3.75. The maximum absolute atomic E-state index is 12.5. The number of pyridine rings is 1. The van der Waals surface area contributed by atoms with E-state index >= 15 is 0 Å². The van der Waals surface area contributed by atoms with Gasteiger partial charge >= 0.3 is 0 Å². The van der Waals surface area contributed by atoms with Crippen molar-refractivity contribution in [1.82, 2.24) is 20.1 Å². The summed E-state index contributed by atoms with van der Waals surface area (Å²) in [6.07, 6.45) is 5.19. The Bertz CT molecular complexity index is 878. The van der Waals surface area contributed by atoms with Gasteiger partial charge in [-0.15, -0.1) is 0 Å². The van der Waals surface area contributed by atoms with Crippen molar-refractivity contribution in [2.75, 3.05) is 13.7 Å². The van der Waals surface area contributed by atoms with Crippen molar-refractivity contribution >= 4 is 5.91 Å². The van der Waals surface area contributed by atoms with Gasteiger partial charge in [-0.05, 0) is 37.3 Å². The van der Waals surface area contributed by atoms with E-state index in [0.717, 1.165) is 5.56 Å². The maximum Gasteiger partial charge on any atom is 0.251 e. The van der Waals surface area contributed by atoms with Crippen LogP contribution in [-0.2, 0) is 6.54 Å². The summed E-state index contributed by atoms with van der Waals surface area (Å²) in [5.41, 5.74) is 1.36. The maximum atomic E-state index is 12.5. The highest BCUT2D eigenvalue weighted by Gasteiger charge is 2.12. The van der Waals surface area contributed by atoms with Gasteiger partial charge in [0.25, 0.3) is 5.91 Å². The molecule has 7 heteroatoms. The summed E-state index contributed by atoms with van der Waals surface area (Å²) < 4.78 is 12.4. The fourth-order valence-electron chi connectivity index (χ4n) is 2.53. The van der Waals surface area contributed by atoms with Gasteiger partial charge in [-0.1, -0.05) is 6.07 Å². The summed E-state index contributed by atoms with van der Waals surface area (Å²) in [6.45, 7) is 2.70. The predicted molar refractivity (Wildman–Crippen MR) is 96.7 cm³/mol. The zero-order chi connectivity index (χ0) is 18.4. The molecule has 0 aliphatic rings. The van der Waals surface area contributed by atoms with Crippen LogP contribution in [0.4, 0.5) is 0 Å². The second-order valence-electron chi connectivity index (χ2n) is 5.42. The molecule has 2 aromatic heterocycles. The molecule has 1 N–H and O–H groups in total. The minimum Gasteiger partial charge on any atom is -0.493 e. The highest BCUT2D eigenvalue weighted by molar-refractivity contribution is 5.94. The predicted octanol–water partition coefficient (Wildman–Crippen LogP) is 2.60. The van der Waals surface area contributed by atoms with Gasteiger partial charge in [0.1, 0.15) is 0 Å². The minimum atomic E-state index is -0.205. The van der Waals surface area contributed by atoms with Crippen molar-refractivity contribution in [2.24, 2.45) is 0 Å². The number of carbonyl (C=O) groups excluding carboxylic acids is 1. The number of carbonyl (C=O) groups is 1. The summed E-state index contributed by atoms with van der Waals surface area (Å²) in [5.74, 6) is 1.62. The van der Waals surface area contributed by atoms with Crippen LogP contribution in [0.2, 0.25) is 0 Å². The Labute approximate surface area is 151 Å². The molecule has 3 aromatic rings. The molecule has 0 unspecified atom stereocenters. The molecule has 0 aliphatic carbocycles. The van der Waals surface area contributed by atoms with Crippen LogP contribution in [0.15, 0.2) is 55.0 Å². The molecular weight excluding hydrogens is 332 g/mol. The molecule has 7 nitrogen and oxygen atoms in total. The summed E-state index contributed by atoms with van der Waals surface area (Å²) in [4.78, 5) is 16.9. The van der Waals surface area contributed by atoms with Crippen LogP contribution >= 0.6 is 0 Å². The van der Waals surface area contributed by atoms with E-state index in [-0.39, 0.29) is 5.91 Å². The number of ether oxygens (including phenoxy) is 2. The number of aromatic nitrogens is 3. The smallest absolute Gasteiger partial charge is 0.251 e. The summed E-state index contributed by atoms with van der Waals surface area (Å²) in [6, 6.07) is 10.7. The molecule has 1 aromatic carbocycles. The molecule has 0 saturated heterocycles. The van der Waals surface area contributed by atoms with Crippen LogP contribution in [0, 0.1) is 0 Å². The molecular formula is C19H20N4O3. The largest absolute Gasteiger partial charge is 0.493 e. The van der Waals surface area contributed by atoms with E-state index in [4.69, 9.17) is 9.47 Å². The number of benzene rings is 1. The lowest BCUT2D eigenvalue weighted by molar-refractivity contribution is 0.0950. The molecule has 1 amide bonds. The molecule has 3 rings (SSSR count). The van der Waals surface area contributed by atoms with E-state index in [1.54, 1.807) is 42.4 Å². The lowest BCUT2D eigenvalue weighted by atomic mass is 10.1. The Morgan fingerprint density at radius 1 is 1.19 bits per heavy atom. The lowest BCUT2D eigenvalue weighted by Gasteiger charge is -2.12. The van der Waals surface area contributed by atoms with Gasteiger partial charge in [0.05, 0.1) is 13.7 Å². The first-order valence-electron chi connectivity index (χ1n) is 8.26. The first kappa shape index (κ1) is 17.5. The minimum absolute atomic E-state index is 0.205. The Morgan fingerprint density at radius 3 is 2.81 bits per heavy atom. The topological polar surface area (TPSA) is 78.3 Å². The van der Waals surface area contributed by atoms with Crippen molar-refractivity contribution in [2.45, 2.75) is 13.5 Å². The summed E-state index contributed by atoms with van der Waals surface area (Å²) >= 11 is 0. The number of methoxy groups -OCH3 is 1. The van der Waals surface area contributed by atoms with E-state index in [9.17, 15) is 4.79 Å². The van der Waals surface area contributed by atoms with E-state index in [1.807, 2.05) is 31.3 Å². The van der Waals surface area contributed by atoms with Crippen molar-refractivity contribution < 1.29 is 14.3 Å². The van der Waals surface area contributed by atoms with E-state index < -0.39 is 0 Å². The number of nitrogens with one attached hydrogen (secondary N) is 1. The van der Waals surface area contributed by atoms with Crippen molar-refractivity contribution in [1.29, 1.82) is 0 Å². The van der Waals surface area contributed by atoms with Crippen LogP contribution in [0.25, 0.3) is 5.82 Å². The Balaban J connectivity index is 1.75. The second kappa shape index (κ2) is 8.15. The monoisotopic (exact) mass is 352 g/mol. The van der Waals surface area contributed by atoms with Gasteiger partial charge in [-0.2, -0.15) is 5.10 Å². The van der Waals surface area contributed by atoms with Gasteiger partial charge in [-0.3, -0.25) is 4.79 Å². The first-order valence-corrected chi connectivity index (χ1v) is 8.26. The molecule has 0 bridgehead atoms. The highest BCUT2D eigenvalue weighted by Crippen LogP contribution is 2.28. The molecule has 2 heterocycles. The first-order chi connectivity index (χ1) is 12.7. The second-order valence-corrected chi connectivity index (χ2v) is 5.42. The van der Waals surface area contributed by atoms with Crippen LogP contribution < -0.4 is 14.8 Å². The number of amides is 1. The average molecular weight is 352 g/mol. The van der Waals surface area contributed by atoms with Crippen molar-refractivity contribution in [3.8, 4) is 17.3 Å². The zero-order valence-electron chi connectivity index (χ0n) is 14.7. The molecule has 0 fully saturated rings. The summed E-state index contributed by atoms with van der Waals surface area (Å²) in [7, 11) is 1.57. The Hall–Kier alpha value is -3.35. The lowest BCUT2D eigenvalue weighted by Crippen LogP contribution is -2.24. The number of nitrogens with zero attached hydrogens (tertiary/aromatic N) is 3. The molecule has 0 atom stereocenters. The molecule has 134 valence electrons. The molecule has 0 radical (unpaired) electrons. The molecule has 0 saturated carbocycles. The van der Waals surface area contributed by atoms with Crippen LogP contribution in [0.5, 0.6) is 11.5 Å². The molecule has 0 aliphatic heterocycles. The third kappa shape index (κ3) is 3.83. The standard InChI is InChI=1S/C19H20N4O3/c1-3-26-17-12-14(7-8-16(17)25-2)19(24)21-13-15-6-4-9-20-18(15)23-11-5-10-22-23/h4-12H,3,13H2,1-2H3,(H,21,24). The SMILES string of the molecule is CCOc1cc(C(=O)NCc2cccnc2-n2cccn2)ccc1OC. The Kier molecular flexibility index (Phi) is 5.48. The highest BCUT2D eigenvalue weighted by atomic mass is 16.5. The molecule has 26 heavy (non-hydrogen) atoms. The number of hydrogen-bond acceptors (Lipinski definition) is 5. The van der Waals surface area contributed by atoms with E-state index in [0.29, 0.717) is 36.0 Å². The van der Waals surface area contributed by atoms with Gasteiger partial charge in [-0.25, -0.2) is 9.67 Å². The Morgan fingerprint density at radius 2 is 2.08 bits per heavy atom. The number of hydrogen-bond donors (Lipinski definition) is 1. The average Bonchev–Trinajstić information content (AvgIpc) is 3.21. The number of rotatable bonds is 7. The van der Waals surface area contributed by atoms with E-state index in [2.05, 4.69) is 15.4 Å². The van der Waals surface area contributed by atoms with Gasteiger partial charge in [0, 0.05) is 36.3 Å².